The van der Waals surface area contributed by atoms with Crippen molar-refractivity contribution in [2.24, 2.45) is 0 Å². The summed E-state index contributed by atoms with van der Waals surface area (Å²) in [6, 6.07) is 18.8. The minimum atomic E-state index is -0.348. The summed E-state index contributed by atoms with van der Waals surface area (Å²) in [5.74, 6) is 0.113. The number of nitrogens with zero attached hydrogens (tertiary/aromatic N) is 2. The molecule has 3 aromatic rings. The zero-order valence-corrected chi connectivity index (χ0v) is 18.3. The molecular weight excluding hydrogens is 400 g/mol. The number of carbonyl (C=O) groups excluding carboxylic acids is 2. The summed E-state index contributed by atoms with van der Waals surface area (Å²) < 4.78 is 2.00. The number of imidazole rings is 1. The summed E-state index contributed by atoms with van der Waals surface area (Å²) in [5, 5.41) is 6.18. The standard InChI is InChI=1S/C26H30N4O2/c31-24(28-15-4-17-30-18-16-27-20-30)11-13-26(14-12-25(32)29-26)19-21-7-9-23(10-8-21)22-5-2-1-3-6-22/h1-3,5-10,16,18,20H,4,11-15,17,19H2,(H,28,31)(H,29,32). The molecule has 1 atom stereocenters. The largest absolute Gasteiger partial charge is 0.356 e. The quantitative estimate of drug-likeness (QED) is 0.481. The molecule has 0 bridgehead atoms. The third-order valence-corrected chi connectivity index (χ3v) is 6.14. The van der Waals surface area contributed by atoms with Gasteiger partial charge in [-0.15, -0.1) is 0 Å². The number of aromatic nitrogens is 2. The van der Waals surface area contributed by atoms with Gasteiger partial charge in [-0.05, 0) is 42.4 Å². The average Bonchev–Trinajstić information content (AvgIpc) is 3.47. The van der Waals surface area contributed by atoms with E-state index in [2.05, 4.69) is 52.0 Å². The van der Waals surface area contributed by atoms with E-state index >= 15 is 0 Å². The number of aryl methyl sites for hydroxylation is 1. The van der Waals surface area contributed by atoms with Crippen LogP contribution in [0.25, 0.3) is 11.1 Å². The van der Waals surface area contributed by atoms with Crippen molar-refractivity contribution < 1.29 is 9.59 Å². The minimum absolute atomic E-state index is 0.0376. The normalized spacial score (nSPS) is 17.8. The van der Waals surface area contributed by atoms with Crippen LogP contribution >= 0.6 is 0 Å². The lowest BCUT2D eigenvalue weighted by atomic mass is 9.84. The SMILES string of the molecule is O=C(CCC1(Cc2ccc(-c3ccccc3)cc2)CCC(=O)N1)NCCCn1ccnc1. The van der Waals surface area contributed by atoms with Crippen molar-refractivity contribution in [1.29, 1.82) is 0 Å². The fourth-order valence-corrected chi connectivity index (χ4v) is 4.37. The molecule has 32 heavy (non-hydrogen) atoms. The van der Waals surface area contributed by atoms with E-state index in [4.69, 9.17) is 0 Å². The van der Waals surface area contributed by atoms with Gasteiger partial charge in [-0.25, -0.2) is 4.98 Å². The predicted octanol–water partition coefficient (Wildman–Crippen LogP) is 3.73. The number of hydrogen-bond donors (Lipinski definition) is 2. The average molecular weight is 431 g/mol. The molecule has 6 nitrogen and oxygen atoms in total. The second-order valence-electron chi connectivity index (χ2n) is 8.57. The maximum absolute atomic E-state index is 12.4. The van der Waals surface area contributed by atoms with Crippen LogP contribution < -0.4 is 10.6 Å². The summed E-state index contributed by atoms with van der Waals surface area (Å²) in [5.41, 5.74) is 3.19. The highest BCUT2D eigenvalue weighted by Crippen LogP contribution is 2.30. The monoisotopic (exact) mass is 430 g/mol. The Morgan fingerprint density at radius 3 is 2.56 bits per heavy atom. The Hall–Kier alpha value is -3.41. The van der Waals surface area contributed by atoms with E-state index in [-0.39, 0.29) is 17.4 Å². The van der Waals surface area contributed by atoms with Crippen molar-refractivity contribution in [3.05, 3.63) is 78.9 Å². The van der Waals surface area contributed by atoms with E-state index in [0.717, 1.165) is 25.8 Å². The lowest BCUT2D eigenvalue weighted by molar-refractivity contribution is -0.122. The van der Waals surface area contributed by atoms with E-state index in [1.807, 2.05) is 29.0 Å². The van der Waals surface area contributed by atoms with Gasteiger partial charge in [-0.2, -0.15) is 0 Å². The molecule has 1 aromatic heterocycles. The smallest absolute Gasteiger partial charge is 0.220 e. The zero-order chi connectivity index (χ0) is 22.2. The first kappa shape index (κ1) is 21.8. The van der Waals surface area contributed by atoms with Gasteiger partial charge in [-0.1, -0.05) is 54.6 Å². The van der Waals surface area contributed by atoms with Crippen LogP contribution in [0, 0.1) is 0 Å². The molecule has 2 aromatic carbocycles. The highest BCUT2D eigenvalue weighted by Gasteiger charge is 2.37. The summed E-state index contributed by atoms with van der Waals surface area (Å²) in [4.78, 5) is 28.5. The molecule has 0 radical (unpaired) electrons. The molecule has 1 unspecified atom stereocenters. The molecule has 0 aliphatic carbocycles. The van der Waals surface area contributed by atoms with Gasteiger partial charge in [0.1, 0.15) is 0 Å². The van der Waals surface area contributed by atoms with Crippen molar-refractivity contribution in [2.45, 2.75) is 50.6 Å². The van der Waals surface area contributed by atoms with Gasteiger partial charge < -0.3 is 15.2 Å². The number of hydrogen-bond acceptors (Lipinski definition) is 3. The van der Waals surface area contributed by atoms with Crippen molar-refractivity contribution in [3.8, 4) is 11.1 Å². The third kappa shape index (κ3) is 5.84. The lowest BCUT2D eigenvalue weighted by Crippen LogP contribution is -2.44. The van der Waals surface area contributed by atoms with Gasteiger partial charge in [-0.3, -0.25) is 9.59 Å². The third-order valence-electron chi connectivity index (χ3n) is 6.14. The van der Waals surface area contributed by atoms with Crippen LogP contribution in [0.15, 0.2) is 73.3 Å². The Labute approximate surface area is 189 Å². The first-order valence-electron chi connectivity index (χ1n) is 11.3. The number of amides is 2. The van der Waals surface area contributed by atoms with Gasteiger partial charge in [0.2, 0.25) is 11.8 Å². The zero-order valence-electron chi connectivity index (χ0n) is 18.3. The topological polar surface area (TPSA) is 76.0 Å². The van der Waals surface area contributed by atoms with Gasteiger partial charge in [0.05, 0.1) is 6.33 Å². The summed E-state index contributed by atoms with van der Waals surface area (Å²) >= 11 is 0. The Kier molecular flexibility index (Phi) is 7.00. The molecule has 0 saturated carbocycles. The van der Waals surface area contributed by atoms with E-state index in [1.165, 1.54) is 16.7 Å². The summed E-state index contributed by atoms with van der Waals surface area (Å²) in [7, 11) is 0. The van der Waals surface area contributed by atoms with Crippen molar-refractivity contribution in [2.75, 3.05) is 6.54 Å². The Morgan fingerprint density at radius 2 is 1.88 bits per heavy atom. The fourth-order valence-electron chi connectivity index (χ4n) is 4.37. The van der Waals surface area contributed by atoms with Crippen LogP contribution in [0.2, 0.25) is 0 Å². The van der Waals surface area contributed by atoms with Gasteiger partial charge >= 0.3 is 0 Å². The van der Waals surface area contributed by atoms with E-state index in [0.29, 0.717) is 25.8 Å². The number of nitrogens with one attached hydrogen (secondary N) is 2. The van der Waals surface area contributed by atoms with E-state index < -0.39 is 0 Å². The highest BCUT2D eigenvalue weighted by molar-refractivity contribution is 5.80. The molecule has 1 fully saturated rings. The Bertz CT molecular complexity index is 1020. The van der Waals surface area contributed by atoms with Gasteiger partial charge in [0, 0.05) is 43.9 Å². The maximum Gasteiger partial charge on any atom is 0.220 e. The number of benzene rings is 2. The molecular formula is C26H30N4O2. The molecule has 2 heterocycles. The second-order valence-corrected chi connectivity index (χ2v) is 8.57. The van der Waals surface area contributed by atoms with E-state index in [9.17, 15) is 9.59 Å². The van der Waals surface area contributed by atoms with E-state index in [1.54, 1.807) is 12.5 Å². The maximum atomic E-state index is 12.4. The molecule has 1 aliphatic heterocycles. The van der Waals surface area contributed by atoms with Crippen molar-refractivity contribution in [1.82, 2.24) is 20.2 Å². The Morgan fingerprint density at radius 1 is 1.09 bits per heavy atom. The summed E-state index contributed by atoms with van der Waals surface area (Å²) in [6.45, 7) is 1.47. The second kappa shape index (κ2) is 10.3. The molecule has 1 aliphatic rings. The minimum Gasteiger partial charge on any atom is -0.356 e. The molecule has 4 rings (SSSR count). The van der Waals surface area contributed by atoms with Gasteiger partial charge in [0.25, 0.3) is 0 Å². The summed E-state index contributed by atoms with van der Waals surface area (Å²) in [6.07, 6.45) is 9.39. The van der Waals surface area contributed by atoms with Crippen LogP contribution in [-0.4, -0.2) is 33.4 Å². The molecule has 2 amide bonds. The van der Waals surface area contributed by atoms with Crippen molar-refractivity contribution in [3.63, 3.8) is 0 Å². The molecule has 1 saturated heterocycles. The van der Waals surface area contributed by atoms with Crippen LogP contribution in [0.3, 0.4) is 0 Å². The van der Waals surface area contributed by atoms with Crippen LogP contribution in [0.5, 0.6) is 0 Å². The number of rotatable bonds is 10. The first-order chi connectivity index (χ1) is 15.6. The predicted molar refractivity (Wildman–Crippen MR) is 125 cm³/mol. The molecule has 2 N–H and O–H groups in total. The lowest BCUT2D eigenvalue weighted by Gasteiger charge is -2.29. The van der Waals surface area contributed by atoms with Crippen LogP contribution in [-0.2, 0) is 22.6 Å². The van der Waals surface area contributed by atoms with Crippen LogP contribution in [0.4, 0.5) is 0 Å². The molecule has 6 heteroatoms. The molecule has 0 spiro atoms. The highest BCUT2D eigenvalue weighted by atomic mass is 16.2. The van der Waals surface area contributed by atoms with Crippen LogP contribution in [0.1, 0.15) is 37.7 Å². The van der Waals surface area contributed by atoms with Gasteiger partial charge in [0.15, 0.2) is 0 Å². The van der Waals surface area contributed by atoms with Crippen molar-refractivity contribution >= 4 is 11.8 Å². The molecule has 166 valence electrons. The Balaban J connectivity index is 1.30. The first-order valence-corrected chi connectivity index (χ1v) is 11.3. The fraction of sp³-hybridized carbons (Fsp3) is 0.346. The number of carbonyl (C=O) groups is 2.